The minimum atomic E-state index is -0.832. The van der Waals surface area contributed by atoms with Crippen LogP contribution in [0.1, 0.15) is 6.42 Å². The van der Waals surface area contributed by atoms with Gasteiger partial charge in [0, 0.05) is 6.42 Å². The zero-order valence-electron chi connectivity index (χ0n) is 4.89. The van der Waals surface area contributed by atoms with Gasteiger partial charge in [0.2, 0.25) is 5.91 Å². The molecule has 9 heavy (non-hydrogen) atoms. The third-order valence-corrected chi connectivity index (χ3v) is 0.592. The van der Waals surface area contributed by atoms with Crippen LogP contribution in [0, 0.1) is 0 Å². The molecule has 0 saturated carbocycles. The van der Waals surface area contributed by atoms with E-state index in [1.165, 1.54) is 6.08 Å². The summed E-state index contributed by atoms with van der Waals surface area (Å²) in [6.07, 6.45) is 1.50. The third kappa shape index (κ3) is 4.53. The number of hydrogen-bond acceptors (Lipinski definition) is 2. The monoisotopic (exact) mass is 128 g/mol. The van der Waals surface area contributed by atoms with Crippen molar-refractivity contribution in [1.29, 1.82) is 0 Å². The van der Waals surface area contributed by atoms with Crippen LogP contribution in [0.25, 0.3) is 0 Å². The van der Waals surface area contributed by atoms with E-state index in [1.54, 1.807) is 0 Å². The molecule has 4 heteroatoms. The first-order chi connectivity index (χ1) is 4.16. The van der Waals surface area contributed by atoms with Crippen LogP contribution >= 0.6 is 0 Å². The molecule has 0 spiro atoms. The van der Waals surface area contributed by atoms with E-state index in [0.29, 0.717) is 0 Å². The summed E-state index contributed by atoms with van der Waals surface area (Å²) < 4.78 is 0. The summed E-state index contributed by atoms with van der Waals surface area (Å²) in [6.45, 7) is 3.29. The molecule has 0 radical (unpaired) electrons. The summed E-state index contributed by atoms with van der Waals surface area (Å²) >= 11 is 0. The van der Waals surface area contributed by atoms with Crippen molar-refractivity contribution in [2.75, 3.05) is 0 Å². The SMILES string of the molecule is C=CCC(=O)NC(N)=O. The maximum Gasteiger partial charge on any atom is 0.318 e. The van der Waals surface area contributed by atoms with E-state index in [9.17, 15) is 9.59 Å². The number of urea groups is 1. The number of amides is 3. The van der Waals surface area contributed by atoms with E-state index in [4.69, 9.17) is 0 Å². The Morgan fingerprint density at radius 1 is 1.67 bits per heavy atom. The average Bonchev–Trinajstić information content (AvgIpc) is 1.63. The van der Waals surface area contributed by atoms with Gasteiger partial charge in [0.25, 0.3) is 0 Å². The lowest BCUT2D eigenvalue weighted by atomic mass is 10.4. The highest BCUT2D eigenvalue weighted by Crippen LogP contribution is 1.76. The van der Waals surface area contributed by atoms with E-state index in [2.05, 4.69) is 12.3 Å². The number of hydrogen-bond donors (Lipinski definition) is 2. The summed E-state index contributed by atoms with van der Waals surface area (Å²) in [4.78, 5) is 20.3. The summed E-state index contributed by atoms with van der Waals surface area (Å²) in [5.41, 5.74) is 4.62. The Balaban J connectivity index is 3.50. The van der Waals surface area contributed by atoms with Crippen molar-refractivity contribution >= 4 is 11.9 Å². The number of primary amides is 1. The molecule has 0 saturated heterocycles. The molecule has 0 aliphatic heterocycles. The molecule has 0 aliphatic carbocycles. The first kappa shape index (κ1) is 7.68. The van der Waals surface area contributed by atoms with Gasteiger partial charge in [-0.2, -0.15) is 0 Å². The number of imide groups is 1. The average molecular weight is 128 g/mol. The molecule has 3 amide bonds. The maximum absolute atomic E-state index is 10.4. The van der Waals surface area contributed by atoms with Crippen molar-refractivity contribution in [2.24, 2.45) is 5.73 Å². The van der Waals surface area contributed by atoms with Gasteiger partial charge in [-0.05, 0) is 0 Å². The fraction of sp³-hybridized carbons (Fsp3) is 0.200. The second kappa shape index (κ2) is 3.65. The van der Waals surface area contributed by atoms with Crippen LogP contribution in [0.4, 0.5) is 4.79 Å². The molecule has 0 aromatic rings. The van der Waals surface area contributed by atoms with Crippen LogP contribution in [0.2, 0.25) is 0 Å². The Hall–Kier alpha value is -1.32. The quantitative estimate of drug-likeness (QED) is 0.503. The van der Waals surface area contributed by atoms with Crippen molar-refractivity contribution in [2.45, 2.75) is 6.42 Å². The zero-order valence-corrected chi connectivity index (χ0v) is 4.89. The number of carbonyl (C=O) groups is 2. The number of nitrogens with one attached hydrogen (secondary N) is 1. The van der Waals surface area contributed by atoms with Crippen LogP contribution in [0.15, 0.2) is 12.7 Å². The second-order valence-electron chi connectivity index (χ2n) is 1.41. The fourth-order valence-electron chi connectivity index (χ4n) is 0.320. The highest BCUT2D eigenvalue weighted by atomic mass is 16.2. The molecule has 0 aromatic carbocycles. The van der Waals surface area contributed by atoms with Gasteiger partial charge in [-0.3, -0.25) is 10.1 Å². The first-order valence-corrected chi connectivity index (χ1v) is 2.37. The summed E-state index contributed by atoms with van der Waals surface area (Å²) in [7, 11) is 0. The van der Waals surface area contributed by atoms with Gasteiger partial charge in [0.1, 0.15) is 0 Å². The molecule has 0 rings (SSSR count). The Morgan fingerprint density at radius 3 is 2.56 bits per heavy atom. The Labute approximate surface area is 52.7 Å². The predicted molar refractivity (Wildman–Crippen MR) is 32.5 cm³/mol. The van der Waals surface area contributed by atoms with Crippen molar-refractivity contribution in [3.8, 4) is 0 Å². The largest absolute Gasteiger partial charge is 0.351 e. The predicted octanol–water partition coefficient (Wildman–Crippen LogP) is -0.243. The van der Waals surface area contributed by atoms with E-state index in [1.807, 2.05) is 5.32 Å². The van der Waals surface area contributed by atoms with Crippen molar-refractivity contribution < 1.29 is 9.59 Å². The summed E-state index contributed by atoms with van der Waals surface area (Å²) in [5.74, 6) is -0.433. The maximum atomic E-state index is 10.4. The van der Waals surface area contributed by atoms with E-state index in [-0.39, 0.29) is 6.42 Å². The van der Waals surface area contributed by atoms with E-state index in [0.717, 1.165) is 0 Å². The number of rotatable bonds is 2. The molecular formula is C5H8N2O2. The molecular weight excluding hydrogens is 120 g/mol. The molecule has 0 aliphatic rings. The summed E-state index contributed by atoms with van der Waals surface area (Å²) in [5, 5.41) is 1.87. The van der Waals surface area contributed by atoms with Gasteiger partial charge >= 0.3 is 6.03 Å². The minimum absolute atomic E-state index is 0.114. The van der Waals surface area contributed by atoms with Crippen molar-refractivity contribution in [3.05, 3.63) is 12.7 Å². The van der Waals surface area contributed by atoms with Gasteiger partial charge in [0.15, 0.2) is 0 Å². The normalized spacial score (nSPS) is 8.00. The van der Waals surface area contributed by atoms with Gasteiger partial charge in [-0.25, -0.2) is 4.79 Å². The molecule has 4 nitrogen and oxygen atoms in total. The molecule has 3 N–H and O–H groups in total. The van der Waals surface area contributed by atoms with Crippen LogP contribution in [-0.2, 0) is 4.79 Å². The molecule has 0 fully saturated rings. The van der Waals surface area contributed by atoms with Crippen LogP contribution < -0.4 is 11.1 Å². The molecule has 0 unspecified atom stereocenters. The Morgan fingerprint density at radius 2 is 2.22 bits per heavy atom. The van der Waals surface area contributed by atoms with Gasteiger partial charge in [-0.15, -0.1) is 6.58 Å². The number of nitrogens with two attached hydrogens (primary N) is 1. The van der Waals surface area contributed by atoms with Crippen molar-refractivity contribution in [1.82, 2.24) is 5.32 Å². The lowest BCUT2D eigenvalue weighted by molar-refractivity contribution is -0.119. The molecule has 0 bridgehead atoms. The lowest BCUT2D eigenvalue weighted by Gasteiger charge is -1.93. The molecule has 0 atom stereocenters. The van der Waals surface area contributed by atoms with Gasteiger partial charge < -0.3 is 5.73 Å². The first-order valence-electron chi connectivity index (χ1n) is 2.37. The van der Waals surface area contributed by atoms with E-state index >= 15 is 0 Å². The minimum Gasteiger partial charge on any atom is -0.351 e. The fourth-order valence-corrected chi connectivity index (χ4v) is 0.320. The highest BCUT2D eigenvalue weighted by molar-refractivity contribution is 5.93. The smallest absolute Gasteiger partial charge is 0.318 e. The second-order valence-corrected chi connectivity index (χ2v) is 1.41. The molecule has 0 aromatic heterocycles. The van der Waals surface area contributed by atoms with Gasteiger partial charge in [0.05, 0.1) is 0 Å². The molecule has 50 valence electrons. The van der Waals surface area contributed by atoms with Gasteiger partial charge in [-0.1, -0.05) is 6.08 Å². The van der Waals surface area contributed by atoms with Crippen LogP contribution in [0.5, 0.6) is 0 Å². The van der Waals surface area contributed by atoms with E-state index < -0.39 is 11.9 Å². The standard InChI is InChI=1S/C5H8N2O2/c1-2-3-4(8)7-5(6)9/h2H,1,3H2,(H3,6,7,8,9). The summed E-state index contributed by atoms with van der Waals surface area (Å²) in [6, 6.07) is -0.832. The Kier molecular flexibility index (Phi) is 3.12. The number of carbonyl (C=O) groups excluding carboxylic acids is 2. The topological polar surface area (TPSA) is 72.2 Å². The lowest BCUT2D eigenvalue weighted by Crippen LogP contribution is -2.34. The molecule has 0 heterocycles. The van der Waals surface area contributed by atoms with Crippen LogP contribution in [-0.4, -0.2) is 11.9 Å². The zero-order chi connectivity index (χ0) is 7.28. The Bertz CT molecular complexity index is 142. The highest BCUT2D eigenvalue weighted by Gasteiger charge is 1.98. The third-order valence-electron chi connectivity index (χ3n) is 0.592. The van der Waals surface area contributed by atoms with Crippen molar-refractivity contribution in [3.63, 3.8) is 0 Å². The van der Waals surface area contributed by atoms with Crippen LogP contribution in [0.3, 0.4) is 0 Å².